The van der Waals surface area contributed by atoms with Crippen LogP contribution in [0.25, 0.3) is 0 Å². The molecule has 0 aromatic heterocycles. The Bertz CT molecular complexity index is 1080. The van der Waals surface area contributed by atoms with Gasteiger partial charge in [-0.3, -0.25) is 4.90 Å². The van der Waals surface area contributed by atoms with Gasteiger partial charge in [0.15, 0.2) is 0 Å². The van der Waals surface area contributed by atoms with Crippen LogP contribution in [0.15, 0.2) is 103 Å². The molecule has 0 saturated carbocycles. The van der Waals surface area contributed by atoms with E-state index in [-0.39, 0.29) is 0 Å². The summed E-state index contributed by atoms with van der Waals surface area (Å²) in [5.74, 6) is 7.21. The van der Waals surface area contributed by atoms with E-state index in [9.17, 15) is 0 Å². The molecule has 0 bridgehead atoms. The zero-order valence-electron chi connectivity index (χ0n) is 25.0. The quantitative estimate of drug-likeness (QED) is 0.171. The highest BCUT2D eigenvalue weighted by Gasteiger charge is 2.50. The highest BCUT2D eigenvalue weighted by Crippen LogP contribution is 2.48. The van der Waals surface area contributed by atoms with Gasteiger partial charge < -0.3 is 0 Å². The van der Waals surface area contributed by atoms with Crippen molar-refractivity contribution in [1.82, 2.24) is 4.90 Å². The summed E-state index contributed by atoms with van der Waals surface area (Å²) in [6.07, 6.45) is 14.4. The Kier molecular flexibility index (Phi) is 16.8. The lowest BCUT2D eigenvalue weighted by atomic mass is 9.67. The molecule has 0 spiro atoms. The van der Waals surface area contributed by atoms with Crippen LogP contribution in [0, 0.1) is 24.7 Å². The molecule has 206 valence electrons. The molecule has 3 aromatic rings. The predicted molar refractivity (Wildman–Crippen MR) is 173 cm³/mol. The van der Waals surface area contributed by atoms with Crippen LogP contribution in [0.5, 0.6) is 0 Å². The highest BCUT2D eigenvalue weighted by atomic mass is 15.3. The van der Waals surface area contributed by atoms with Crippen molar-refractivity contribution in [2.24, 2.45) is 0 Å². The van der Waals surface area contributed by atoms with Crippen molar-refractivity contribution in [3.05, 3.63) is 120 Å². The van der Waals surface area contributed by atoms with Crippen LogP contribution < -0.4 is 0 Å². The molecule has 1 heteroatoms. The number of unbranched alkanes of at least 4 members (excludes halogenated alkanes) is 2. The van der Waals surface area contributed by atoms with E-state index in [4.69, 9.17) is 0 Å². The van der Waals surface area contributed by atoms with Gasteiger partial charge in [0.25, 0.3) is 0 Å². The van der Waals surface area contributed by atoms with Gasteiger partial charge >= 0.3 is 0 Å². The van der Waals surface area contributed by atoms with E-state index in [0.717, 1.165) is 11.1 Å². The standard InChI is InChI=1S/C26H33N.C6H6.C4H8.C2H2/c1-4-7-11-20-27-21-25(26(27,5-2)6-3)24-18-16-23(17-19-24)15-14-22-12-9-8-10-13-22;1-2-4-6-5-3-1;1-4(2)3;1-2/h8-10,12-13,16-19,25H,4-7,11,20-21H2,1-3H3;1-6H;1H2,2-3H3;1-2H/t25-;;;/m1.../s1. The summed E-state index contributed by atoms with van der Waals surface area (Å²) in [5.41, 5.74) is 5.17. The normalized spacial score (nSPS) is 14.7. The van der Waals surface area contributed by atoms with Gasteiger partial charge in [-0.1, -0.05) is 118 Å². The van der Waals surface area contributed by atoms with Gasteiger partial charge in [0.1, 0.15) is 0 Å². The number of rotatable bonds is 7. The molecule has 39 heavy (non-hydrogen) atoms. The fraction of sp³-hybridized carbons (Fsp3) is 0.368. The van der Waals surface area contributed by atoms with Gasteiger partial charge in [-0.2, -0.15) is 0 Å². The number of likely N-dealkylation sites (tertiary alicyclic amines) is 1. The van der Waals surface area contributed by atoms with Gasteiger partial charge in [-0.15, -0.1) is 19.4 Å². The third-order valence-corrected chi connectivity index (χ3v) is 7.04. The summed E-state index contributed by atoms with van der Waals surface area (Å²) < 4.78 is 0. The Balaban J connectivity index is 0.000000529. The van der Waals surface area contributed by atoms with Crippen LogP contribution in [-0.4, -0.2) is 23.5 Å². The first-order chi connectivity index (χ1) is 19.0. The molecule has 0 N–H and O–H groups in total. The molecule has 1 heterocycles. The van der Waals surface area contributed by atoms with Crippen molar-refractivity contribution in [2.75, 3.05) is 13.1 Å². The van der Waals surface area contributed by atoms with E-state index in [0.29, 0.717) is 11.5 Å². The molecule has 0 unspecified atom stereocenters. The summed E-state index contributed by atoms with van der Waals surface area (Å²) in [4.78, 5) is 2.75. The van der Waals surface area contributed by atoms with Crippen LogP contribution >= 0.6 is 0 Å². The summed E-state index contributed by atoms with van der Waals surface area (Å²) in [6.45, 7) is 17.0. The van der Waals surface area contributed by atoms with E-state index < -0.39 is 0 Å². The fourth-order valence-electron chi connectivity index (χ4n) is 5.00. The smallest absolute Gasteiger partial charge is 0.0285 e. The van der Waals surface area contributed by atoms with Gasteiger partial charge in [0.2, 0.25) is 0 Å². The second kappa shape index (κ2) is 19.5. The summed E-state index contributed by atoms with van der Waals surface area (Å²) in [6, 6.07) is 31.2. The third-order valence-electron chi connectivity index (χ3n) is 7.04. The lowest BCUT2D eigenvalue weighted by Crippen LogP contribution is -2.65. The average Bonchev–Trinajstić information content (AvgIpc) is 2.97. The summed E-state index contributed by atoms with van der Waals surface area (Å²) in [7, 11) is 0. The third kappa shape index (κ3) is 11.4. The summed E-state index contributed by atoms with van der Waals surface area (Å²) >= 11 is 0. The van der Waals surface area contributed by atoms with E-state index in [2.05, 4.69) is 93.3 Å². The molecule has 1 fully saturated rings. The van der Waals surface area contributed by atoms with E-state index in [1.54, 1.807) is 0 Å². The summed E-state index contributed by atoms with van der Waals surface area (Å²) in [5, 5.41) is 0. The number of nitrogens with zero attached hydrogens (tertiary/aromatic N) is 1. The zero-order chi connectivity index (χ0) is 28.9. The van der Waals surface area contributed by atoms with Crippen LogP contribution in [0.4, 0.5) is 0 Å². The van der Waals surface area contributed by atoms with E-state index in [1.807, 2.05) is 68.4 Å². The Labute approximate surface area is 240 Å². The molecule has 1 aliphatic heterocycles. The van der Waals surface area contributed by atoms with Crippen LogP contribution in [0.2, 0.25) is 0 Å². The monoisotopic (exact) mass is 519 g/mol. The molecule has 0 radical (unpaired) electrons. The number of hydrogen-bond donors (Lipinski definition) is 0. The molecule has 0 aliphatic carbocycles. The predicted octanol–water partition coefficient (Wildman–Crippen LogP) is 9.75. The maximum absolute atomic E-state index is 4.00. The van der Waals surface area contributed by atoms with E-state index >= 15 is 0 Å². The minimum absolute atomic E-state index is 0.352. The van der Waals surface area contributed by atoms with E-state index in [1.165, 1.54) is 56.3 Å². The maximum Gasteiger partial charge on any atom is 0.0285 e. The molecule has 1 saturated heterocycles. The number of benzene rings is 3. The van der Waals surface area contributed by atoms with Gasteiger partial charge in [-0.25, -0.2) is 0 Å². The van der Waals surface area contributed by atoms with Gasteiger partial charge in [0, 0.05) is 29.1 Å². The Morgan fingerprint density at radius 3 is 1.64 bits per heavy atom. The molecular formula is C38H49N. The average molecular weight is 520 g/mol. The topological polar surface area (TPSA) is 3.24 Å². The number of hydrogen-bond acceptors (Lipinski definition) is 1. The minimum atomic E-state index is 0.352. The first kappa shape index (κ1) is 33.5. The molecule has 4 rings (SSSR count). The van der Waals surface area contributed by atoms with Crippen LogP contribution in [0.3, 0.4) is 0 Å². The van der Waals surface area contributed by atoms with Crippen LogP contribution in [-0.2, 0) is 0 Å². The lowest BCUT2D eigenvalue weighted by Gasteiger charge is -2.59. The molecule has 0 amide bonds. The van der Waals surface area contributed by atoms with Gasteiger partial charge in [-0.05, 0) is 69.5 Å². The lowest BCUT2D eigenvalue weighted by molar-refractivity contribution is -0.0496. The molecule has 1 nitrogen and oxygen atoms in total. The first-order valence-electron chi connectivity index (χ1n) is 14.3. The van der Waals surface area contributed by atoms with Gasteiger partial charge in [0.05, 0.1) is 0 Å². The second-order valence-corrected chi connectivity index (χ2v) is 10.1. The number of allylic oxidation sites excluding steroid dienone is 1. The molecule has 3 aromatic carbocycles. The van der Waals surface area contributed by atoms with Crippen molar-refractivity contribution >= 4 is 0 Å². The second-order valence-electron chi connectivity index (χ2n) is 10.1. The maximum atomic E-state index is 4.00. The SMILES string of the molecule is C#C.C=C(C)C.CCCCCN1C[C@H](c2ccc(C#Cc3ccccc3)cc2)C1(CC)CC.c1ccccc1. The Morgan fingerprint density at radius 2 is 1.21 bits per heavy atom. The molecule has 1 aliphatic rings. The van der Waals surface area contributed by atoms with Crippen molar-refractivity contribution in [2.45, 2.75) is 78.2 Å². The zero-order valence-corrected chi connectivity index (χ0v) is 25.0. The number of terminal acetylenes is 1. The molecule has 1 atom stereocenters. The van der Waals surface area contributed by atoms with Crippen molar-refractivity contribution < 1.29 is 0 Å². The Morgan fingerprint density at radius 1 is 0.769 bits per heavy atom. The Hall–Kier alpha value is -3.52. The first-order valence-corrected chi connectivity index (χ1v) is 14.3. The highest BCUT2D eigenvalue weighted by molar-refractivity contribution is 5.44. The van der Waals surface area contributed by atoms with Crippen molar-refractivity contribution in [3.8, 4) is 24.7 Å². The van der Waals surface area contributed by atoms with Crippen LogP contribution in [0.1, 0.15) is 89.3 Å². The van der Waals surface area contributed by atoms with Crippen molar-refractivity contribution in [3.63, 3.8) is 0 Å². The largest absolute Gasteiger partial charge is 0.296 e. The minimum Gasteiger partial charge on any atom is -0.296 e. The van der Waals surface area contributed by atoms with Crippen molar-refractivity contribution in [1.29, 1.82) is 0 Å². The fourth-order valence-corrected chi connectivity index (χ4v) is 5.00. The molecular weight excluding hydrogens is 470 g/mol.